The molecule has 0 fully saturated rings. The molecule has 2 heterocycles. The molecule has 1 aromatic heterocycles. The molecule has 1 unspecified atom stereocenters. The second-order valence-corrected chi connectivity index (χ2v) is 6.13. The number of hydrogen-bond acceptors (Lipinski definition) is 4. The Kier molecular flexibility index (Phi) is 6.89. The fourth-order valence-corrected chi connectivity index (χ4v) is 2.61. The van der Waals surface area contributed by atoms with Crippen LogP contribution in [0.1, 0.15) is 25.3 Å². The summed E-state index contributed by atoms with van der Waals surface area (Å²) in [5.74, 6) is 0.437. The number of nitrogens with one attached hydrogen (secondary N) is 2. The summed E-state index contributed by atoms with van der Waals surface area (Å²) in [5, 5.41) is 6.66. The number of halogens is 1. The van der Waals surface area contributed by atoms with Gasteiger partial charge in [-0.15, -0.1) is 0 Å². The van der Waals surface area contributed by atoms with Gasteiger partial charge < -0.3 is 16.4 Å². The number of aromatic nitrogens is 1. The lowest BCUT2D eigenvalue weighted by atomic mass is 10.1. The van der Waals surface area contributed by atoms with Gasteiger partial charge in [-0.2, -0.15) is 0 Å². The Morgan fingerprint density at radius 3 is 3.08 bits per heavy atom. The quantitative estimate of drug-likeness (QED) is 0.421. The number of nitrogens with zero attached hydrogens (tertiary/aromatic N) is 2. The van der Waals surface area contributed by atoms with Crippen molar-refractivity contribution in [2.75, 3.05) is 18.4 Å². The van der Waals surface area contributed by atoms with E-state index in [1.165, 1.54) is 12.2 Å². The molecule has 4 N–H and O–H groups in total. The van der Waals surface area contributed by atoms with E-state index >= 15 is 0 Å². The Bertz CT molecular complexity index is 706. The molecule has 134 valence electrons. The summed E-state index contributed by atoms with van der Waals surface area (Å²) in [7, 11) is 0. The van der Waals surface area contributed by atoms with Crippen LogP contribution in [0.3, 0.4) is 0 Å². The van der Waals surface area contributed by atoms with Gasteiger partial charge >= 0.3 is 0 Å². The summed E-state index contributed by atoms with van der Waals surface area (Å²) in [6.07, 6.45) is 7.29. The third kappa shape index (κ3) is 5.53. The number of aryl methyl sites for hydroxylation is 1. The zero-order valence-electron chi connectivity index (χ0n) is 14.8. The van der Waals surface area contributed by atoms with Crippen LogP contribution in [0, 0.1) is 6.92 Å². The molecular formula is C19H26FN5. The van der Waals surface area contributed by atoms with Gasteiger partial charge in [0, 0.05) is 48.9 Å². The highest BCUT2D eigenvalue weighted by Gasteiger charge is 2.17. The third-order valence-electron chi connectivity index (χ3n) is 3.96. The minimum Gasteiger partial charge on any atom is -0.402 e. The maximum Gasteiger partial charge on any atom is 0.131 e. The number of allylic oxidation sites excluding steroid dienone is 2. The Morgan fingerprint density at radius 2 is 2.40 bits per heavy atom. The van der Waals surface area contributed by atoms with Crippen molar-refractivity contribution < 1.29 is 4.39 Å². The highest BCUT2D eigenvalue weighted by Crippen LogP contribution is 2.18. The average molecular weight is 343 g/mol. The number of aliphatic imine (C=N–C) groups is 1. The molecule has 0 aliphatic carbocycles. The van der Waals surface area contributed by atoms with E-state index < -0.39 is 0 Å². The topological polar surface area (TPSA) is 75.3 Å². The first-order valence-electron chi connectivity index (χ1n) is 8.42. The highest BCUT2D eigenvalue weighted by molar-refractivity contribution is 6.09. The largest absolute Gasteiger partial charge is 0.402 e. The lowest BCUT2D eigenvalue weighted by Crippen LogP contribution is -2.34. The maximum absolute atomic E-state index is 13.8. The highest BCUT2D eigenvalue weighted by atomic mass is 19.1. The van der Waals surface area contributed by atoms with Gasteiger partial charge in [-0.25, -0.2) is 4.39 Å². The number of hydrogen-bond donors (Lipinski definition) is 3. The van der Waals surface area contributed by atoms with Crippen molar-refractivity contribution in [3.8, 4) is 0 Å². The molecule has 0 bridgehead atoms. The molecule has 5 nitrogen and oxygen atoms in total. The smallest absolute Gasteiger partial charge is 0.131 e. The van der Waals surface area contributed by atoms with Crippen LogP contribution in [0.5, 0.6) is 0 Å². The zero-order chi connectivity index (χ0) is 18.2. The van der Waals surface area contributed by atoms with E-state index in [0.717, 1.165) is 35.5 Å². The van der Waals surface area contributed by atoms with E-state index in [4.69, 9.17) is 10.7 Å². The van der Waals surface area contributed by atoms with Crippen molar-refractivity contribution in [3.63, 3.8) is 0 Å². The van der Waals surface area contributed by atoms with Crippen LogP contribution in [-0.2, 0) is 0 Å². The van der Waals surface area contributed by atoms with E-state index in [2.05, 4.69) is 22.2 Å². The molecule has 0 radical (unpaired) electrons. The second-order valence-electron chi connectivity index (χ2n) is 6.13. The minimum atomic E-state index is -0.241. The molecular weight excluding hydrogens is 317 g/mol. The first-order chi connectivity index (χ1) is 12.0. The lowest BCUT2D eigenvalue weighted by molar-refractivity contribution is 0.553. The van der Waals surface area contributed by atoms with Crippen LogP contribution in [0.2, 0.25) is 0 Å². The molecule has 0 saturated heterocycles. The van der Waals surface area contributed by atoms with Crippen molar-refractivity contribution in [2.45, 2.75) is 32.7 Å². The number of rotatable bonds is 6. The van der Waals surface area contributed by atoms with Crippen molar-refractivity contribution in [3.05, 3.63) is 59.9 Å². The zero-order valence-corrected chi connectivity index (χ0v) is 14.8. The molecule has 1 aliphatic rings. The van der Waals surface area contributed by atoms with Crippen LogP contribution >= 0.6 is 0 Å². The number of pyridine rings is 1. The standard InChI is InChI=1S/C19H26FN5/c1-4-5-15(20)10-14(3)24-19(16-12-23-8-6-17(16)21)25-18-7-9-22-11-13(18)2/h4-5,7,9,11,14,23H,1,6,8,10,12,21H2,2-3H3,(H,22,24,25)/b15-5+. The third-order valence-corrected chi connectivity index (χ3v) is 3.96. The normalized spacial score (nSPS) is 17.4. The molecule has 1 aliphatic heterocycles. The van der Waals surface area contributed by atoms with Crippen molar-refractivity contribution in [1.29, 1.82) is 0 Å². The Morgan fingerprint density at radius 1 is 1.60 bits per heavy atom. The van der Waals surface area contributed by atoms with E-state index in [1.807, 2.05) is 19.9 Å². The lowest BCUT2D eigenvalue weighted by Gasteiger charge is -2.22. The van der Waals surface area contributed by atoms with Gasteiger partial charge in [-0.05, 0) is 38.0 Å². The minimum absolute atomic E-state index is 0.215. The van der Waals surface area contributed by atoms with E-state index in [0.29, 0.717) is 12.4 Å². The summed E-state index contributed by atoms with van der Waals surface area (Å²) in [5.41, 5.74) is 9.86. The number of anilines is 1. The predicted octanol–water partition coefficient (Wildman–Crippen LogP) is 3.22. The number of nitrogens with two attached hydrogens (primary N) is 1. The van der Waals surface area contributed by atoms with Crippen LogP contribution in [0.4, 0.5) is 10.1 Å². The second kappa shape index (κ2) is 9.13. The van der Waals surface area contributed by atoms with Crippen LogP contribution in [0.15, 0.2) is 59.3 Å². The molecule has 0 amide bonds. The Labute approximate surface area is 148 Å². The van der Waals surface area contributed by atoms with Crippen molar-refractivity contribution in [2.24, 2.45) is 10.7 Å². The molecule has 0 aromatic carbocycles. The molecule has 0 spiro atoms. The van der Waals surface area contributed by atoms with Gasteiger partial charge in [0.05, 0.1) is 6.04 Å². The van der Waals surface area contributed by atoms with Crippen LogP contribution in [-0.4, -0.2) is 30.0 Å². The van der Waals surface area contributed by atoms with Crippen molar-refractivity contribution >= 4 is 11.5 Å². The average Bonchev–Trinajstić information content (AvgIpc) is 2.57. The predicted molar refractivity (Wildman–Crippen MR) is 102 cm³/mol. The molecule has 1 aromatic rings. The molecule has 6 heteroatoms. The summed E-state index contributed by atoms with van der Waals surface area (Å²) in [4.78, 5) is 8.81. The summed E-state index contributed by atoms with van der Waals surface area (Å²) in [6.45, 7) is 8.86. The molecule has 25 heavy (non-hydrogen) atoms. The van der Waals surface area contributed by atoms with Gasteiger partial charge in [-0.1, -0.05) is 12.7 Å². The summed E-state index contributed by atoms with van der Waals surface area (Å²) < 4.78 is 13.8. The van der Waals surface area contributed by atoms with Gasteiger partial charge in [0.1, 0.15) is 11.7 Å². The first-order valence-corrected chi connectivity index (χ1v) is 8.42. The summed E-state index contributed by atoms with van der Waals surface area (Å²) >= 11 is 0. The summed E-state index contributed by atoms with van der Waals surface area (Å²) in [6, 6.07) is 1.66. The Hall–Kier alpha value is -2.47. The monoisotopic (exact) mass is 343 g/mol. The first kappa shape index (κ1) is 18.9. The van der Waals surface area contributed by atoms with Gasteiger partial charge in [-0.3, -0.25) is 9.98 Å². The van der Waals surface area contributed by atoms with Crippen molar-refractivity contribution in [1.82, 2.24) is 10.3 Å². The molecule has 2 rings (SSSR count). The van der Waals surface area contributed by atoms with Gasteiger partial charge in [0.25, 0.3) is 0 Å². The van der Waals surface area contributed by atoms with Gasteiger partial charge in [0.15, 0.2) is 0 Å². The molecule has 0 saturated carbocycles. The number of amidine groups is 1. The van der Waals surface area contributed by atoms with Crippen LogP contribution < -0.4 is 16.4 Å². The fraction of sp³-hybridized carbons (Fsp3) is 0.368. The van der Waals surface area contributed by atoms with E-state index in [1.54, 1.807) is 12.4 Å². The van der Waals surface area contributed by atoms with Gasteiger partial charge in [0.2, 0.25) is 0 Å². The fourth-order valence-electron chi connectivity index (χ4n) is 2.61. The Balaban J connectivity index is 2.31. The molecule has 1 atom stereocenters. The van der Waals surface area contributed by atoms with Crippen LogP contribution in [0.25, 0.3) is 0 Å². The maximum atomic E-state index is 13.8. The van der Waals surface area contributed by atoms with E-state index in [-0.39, 0.29) is 18.3 Å². The van der Waals surface area contributed by atoms with E-state index in [9.17, 15) is 4.39 Å². The SMILES string of the molecule is C=C/C=C(/F)CC(C)N=C(Nc1ccncc1C)C1=C(N)CCNC1.